The van der Waals surface area contributed by atoms with Gasteiger partial charge in [-0.25, -0.2) is 4.79 Å². The van der Waals surface area contributed by atoms with Gasteiger partial charge < -0.3 is 10.2 Å². The highest BCUT2D eigenvalue weighted by molar-refractivity contribution is 5.92. The van der Waals surface area contributed by atoms with Gasteiger partial charge in [0.15, 0.2) is 0 Å². The van der Waals surface area contributed by atoms with Crippen molar-refractivity contribution in [2.75, 3.05) is 0 Å². The normalized spacial score (nSPS) is 16.0. The molecule has 0 unspecified atom stereocenters. The monoisotopic (exact) mass is 548 g/mol. The van der Waals surface area contributed by atoms with E-state index in [1.54, 1.807) is 0 Å². The standard InChI is InChI=1S/C13H5F17O4/c14-6(15,2-3(5(33)34)1-4(31)32)7(16,17)8(18,19)9(20,21)10(22,23)11(24,25)12(26,27)13(28,29)30/h2H,1H2,(H,31,32)(H,33,34). The zero-order chi connectivity index (χ0) is 28.1. The van der Waals surface area contributed by atoms with Crippen LogP contribution in [0, 0.1) is 0 Å². The van der Waals surface area contributed by atoms with Crippen molar-refractivity contribution in [1.29, 1.82) is 0 Å². The Morgan fingerprint density at radius 1 is 0.529 bits per heavy atom. The Morgan fingerprint density at radius 3 is 1.09 bits per heavy atom. The van der Waals surface area contributed by atoms with Crippen LogP contribution in [-0.2, 0) is 9.59 Å². The fourth-order valence-corrected chi connectivity index (χ4v) is 1.84. The first-order valence-electron chi connectivity index (χ1n) is 7.35. The number of rotatable bonds is 10. The first-order valence-corrected chi connectivity index (χ1v) is 7.35. The minimum absolute atomic E-state index is 1.98. The SMILES string of the molecule is O=C(O)CC(=CC(F)(F)C(F)(F)C(F)(F)C(F)(F)C(F)(F)C(F)(F)C(F)(F)C(F)(F)F)C(=O)O. The summed E-state index contributed by atoms with van der Waals surface area (Å²) in [6.07, 6.45) is -12.1. The van der Waals surface area contributed by atoms with Crippen LogP contribution in [-0.4, -0.2) is 69.8 Å². The van der Waals surface area contributed by atoms with E-state index in [0.717, 1.165) is 0 Å². The van der Waals surface area contributed by atoms with E-state index in [9.17, 15) is 84.2 Å². The highest BCUT2D eigenvalue weighted by atomic mass is 19.4. The molecule has 0 spiro atoms. The average molecular weight is 548 g/mol. The number of alkyl halides is 17. The number of aliphatic carboxylic acids is 2. The van der Waals surface area contributed by atoms with E-state index in [1.807, 2.05) is 0 Å². The Morgan fingerprint density at radius 2 is 0.824 bits per heavy atom. The van der Waals surface area contributed by atoms with E-state index in [4.69, 9.17) is 10.2 Å². The second-order valence-electron chi connectivity index (χ2n) is 6.11. The Balaban J connectivity index is 6.93. The van der Waals surface area contributed by atoms with E-state index < -0.39 is 77.6 Å². The molecule has 0 amide bonds. The van der Waals surface area contributed by atoms with Crippen molar-refractivity contribution in [3.63, 3.8) is 0 Å². The van der Waals surface area contributed by atoms with Gasteiger partial charge in [-0.3, -0.25) is 4.79 Å². The Hall–Kier alpha value is -2.51. The molecule has 0 saturated heterocycles. The molecule has 0 heterocycles. The van der Waals surface area contributed by atoms with Gasteiger partial charge >= 0.3 is 59.6 Å². The summed E-state index contributed by atoms with van der Waals surface area (Å²) in [5.41, 5.74) is -2.48. The number of carboxylic acids is 2. The van der Waals surface area contributed by atoms with Gasteiger partial charge in [-0.05, 0) is 0 Å². The van der Waals surface area contributed by atoms with Crippen molar-refractivity contribution in [2.45, 2.75) is 54.1 Å². The quantitative estimate of drug-likeness (QED) is 0.280. The van der Waals surface area contributed by atoms with Crippen molar-refractivity contribution >= 4 is 11.9 Å². The number of carboxylic acid groups (broad SMARTS) is 2. The second kappa shape index (κ2) is 8.31. The lowest BCUT2D eigenvalue weighted by molar-refractivity contribution is -0.459. The maximum atomic E-state index is 13.5. The summed E-state index contributed by atoms with van der Waals surface area (Å²) < 4.78 is 222. The molecule has 0 atom stereocenters. The predicted molar refractivity (Wildman–Crippen MR) is 68.7 cm³/mol. The smallest absolute Gasteiger partial charge is 0.460 e. The molecule has 2 N–H and O–H groups in total. The van der Waals surface area contributed by atoms with Crippen LogP contribution in [0.3, 0.4) is 0 Å². The number of allylic oxidation sites excluding steroid dienone is 1. The van der Waals surface area contributed by atoms with Gasteiger partial charge in [-0.2, -0.15) is 74.6 Å². The second-order valence-corrected chi connectivity index (χ2v) is 6.11. The molecule has 0 aromatic heterocycles. The molecule has 0 aromatic rings. The van der Waals surface area contributed by atoms with Crippen molar-refractivity contribution in [3.8, 4) is 0 Å². The van der Waals surface area contributed by atoms with Gasteiger partial charge in [-0.1, -0.05) is 0 Å². The zero-order valence-corrected chi connectivity index (χ0v) is 14.9. The van der Waals surface area contributed by atoms with Crippen LogP contribution < -0.4 is 0 Å². The highest BCUT2D eigenvalue weighted by Gasteiger charge is 2.95. The van der Waals surface area contributed by atoms with Gasteiger partial charge in [0.1, 0.15) is 0 Å². The largest absolute Gasteiger partial charge is 0.481 e. The zero-order valence-electron chi connectivity index (χ0n) is 14.9. The minimum atomic E-state index is -8.82. The Kier molecular flexibility index (Phi) is 7.70. The maximum absolute atomic E-state index is 13.5. The molecule has 0 radical (unpaired) electrons. The van der Waals surface area contributed by atoms with E-state index in [1.165, 1.54) is 0 Å². The van der Waals surface area contributed by atoms with Crippen LogP contribution in [0.1, 0.15) is 6.42 Å². The van der Waals surface area contributed by atoms with Crippen molar-refractivity contribution in [3.05, 3.63) is 11.6 Å². The first-order chi connectivity index (χ1) is 14.5. The molecule has 0 aliphatic heterocycles. The fraction of sp³-hybridized carbons (Fsp3) is 0.692. The Labute approximate surface area is 173 Å². The van der Waals surface area contributed by atoms with Gasteiger partial charge in [0, 0.05) is 6.08 Å². The number of hydrogen-bond donors (Lipinski definition) is 2. The third kappa shape index (κ3) is 4.43. The minimum Gasteiger partial charge on any atom is -0.481 e. The molecular formula is C13H5F17O4. The first kappa shape index (κ1) is 31.5. The predicted octanol–water partition coefficient (Wildman–Crippen LogP) is 5.48. The Bertz CT molecular complexity index is 839. The summed E-state index contributed by atoms with van der Waals surface area (Å²) >= 11 is 0. The highest BCUT2D eigenvalue weighted by Crippen LogP contribution is 2.64. The molecule has 0 aliphatic carbocycles. The molecule has 0 aliphatic rings. The van der Waals surface area contributed by atoms with Crippen molar-refractivity contribution < 1.29 is 94.4 Å². The molecule has 0 bridgehead atoms. The molecule has 0 aromatic carbocycles. The van der Waals surface area contributed by atoms with Gasteiger partial charge in [0.2, 0.25) is 0 Å². The van der Waals surface area contributed by atoms with Crippen LogP contribution in [0.2, 0.25) is 0 Å². The summed E-state index contributed by atoms with van der Waals surface area (Å²) in [5.74, 6) is -63.8. The average Bonchev–Trinajstić information content (AvgIpc) is 2.58. The van der Waals surface area contributed by atoms with Crippen molar-refractivity contribution in [2.24, 2.45) is 0 Å². The van der Waals surface area contributed by atoms with E-state index >= 15 is 0 Å². The van der Waals surface area contributed by atoms with Crippen LogP contribution in [0.15, 0.2) is 11.6 Å². The third-order valence-corrected chi connectivity index (χ3v) is 3.72. The van der Waals surface area contributed by atoms with Gasteiger partial charge in [0.05, 0.1) is 12.0 Å². The number of hydrogen-bond acceptors (Lipinski definition) is 2. The molecule has 4 nitrogen and oxygen atoms in total. The molecule has 0 saturated carbocycles. The van der Waals surface area contributed by atoms with Gasteiger partial charge in [0.25, 0.3) is 0 Å². The topological polar surface area (TPSA) is 74.6 Å². The van der Waals surface area contributed by atoms with Crippen LogP contribution in [0.4, 0.5) is 74.6 Å². The lowest BCUT2D eigenvalue weighted by Crippen LogP contribution is -2.74. The fourth-order valence-electron chi connectivity index (χ4n) is 1.84. The summed E-state index contributed by atoms with van der Waals surface area (Å²) in [7, 11) is 0. The van der Waals surface area contributed by atoms with E-state index in [2.05, 4.69) is 0 Å². The third-order valence-electron chi connectivity index (χ3n) is 3.72. The number of carbonyl (C=O) groups is 2. The van der Waals surface area contributed by atoms with Crippen LogP contribution >= 0.6 is 0 Å². The molecule has 34 heavy (non-hydrogen) atoms. The van der Waals surface area contributed by atoms with Crippen LogP contribution in [0.25, 0.3) is 0 Å². The van der Waals surface area contributed by atoms with Crippen molar-refractivity contribution in [1.82, 2.24) is 0 Å². The lowest BCUT2D eigenvalue weighted by atomic mass is 9.88. The number of halogens is 17. The summed E-state index contributed by atoms with van der Waals surface area (Å²) in [6.45, 7) is 0. The lowest BCUT2D eigenvalue weighted by Gasteiger charge is -2.42. The maximum Gasteiger partial charge on any atom is 0.460 e. The summed E-state index contributed by atoms with van der Waals surface area (Å²) in [4.78, 5) is 20.8. The summed E-state index contributed by atoms with van der Waals surface area (Å²) in [5, 5.41) is 16.6. The van der Waals surface area contributed by atoms with E-state index in [0.29, 0.717) is 0 Å². The van der Waals surface area contributed by atoms with Crippen LogP contribution in [0.5, 0.6) is 0 Å². The summed E-state index contributed by atoms with van der Waals surface area (Å²) in [6, 6.07) is 0. The molecule has 0 rings (SSSR count). The molecular weight excluding hydrogens is 543 g/mol. The van der Waals surface area contributed by atoms with E-state index in [-0.39, 0.29) is 0 Å². The molecule has 0 fully saturated rings. The molecule has 21 heteroatoms. The van der Waals surface area contributed by atoms with Gasteiger partial charge in [-0.15, -0.1) is 0 Å². The molecule has 200 valence electrons.